The molecule has 0 aliphatic heterocycles. The average Bonchev–Trinajstić information content (AvgIpc) is 2.38. The molecule has 1 saturated carbocycles. The van der Waals surface area contributed by atoms with Crippen LogP contribution in [0.15, 0.2) is 18.2 Å². The second-order valence-corrected chi connectivity index (χ2v) is 5.02. The average molecular weight is 305 g/mol. The van der Waals surface area contributed by atoms with Gasteiger partial charge in [-0.25, -0.2) is 8.78 Å². The summed E-state index contributed by atoms with van der Waals surface area (Å²) in [6.07, 6.45) is 4.01. The van der Waals surface area contributed by atoms with Crippen molar-refractivity contribution < 1.29 is 13.6 Å². The van der Waals surface area contributed by atoms with Gasteiger partial charge in [-0.15, -0.1) is 12.4 Å². The van der Waals surface area contributed by atoms with E-state index in [0.717, 1.165) is 43.9 Å². The molecule has 1 amide bonds. The molecule has 1 fully saturated rings. The second-order valence-electron chi connectivity index (χ2n) is 5.02. The number of nitrogens with two attached hydrogens (primary N) is 1. The lowest BCUT2D eigenvalue weighted by Crippen LogP contribution is -2.44. The normalized spacial score (nSPS) is 21.9. The van der Waals surface area contributed by atoms with Gasteiger partial charge in [0, 0.05) is 17.7 Å². The Morgan fingerprint density at radius 2 is 1.80 bits per heavy atom. The standard InChI is InChI=1S/C14H18F2N2O.ClH/c15-11-5-10(6-12(16)7-11)14(19)18-13-4-2-1-3-9(13)8-17;/h5-7,9,13H,1-4,8,17H2,(H,18,19);1H. The predicted molar refractivity (Wildman–Crippen MR) is 75.9 cm³/mol. The second kappa shape index (κ2) is 7.55. The zero-order chi connectivity index (χ0) is 13.8. The van der Waals surface area contributed by atoms with E-state index in [2.05, 4.69) is 5.32 Å². The number of amides is 1. The molecular weight excluding hydrogens is 286 g/mol. The Morgan fingerprint density at radius 1 is 1.20 bits per heavy atom. The number of halogens is 3. The molecule has 20 heavy (non-hydrogen) atoms. The van der Waals surface area contributed by atoms with Gasteiger partial charge in [0.05, 0.1) is 0 Å². The molecule has 2 unspecified atom stereocenters. The third-order valence-corrected chi connectivity index (χ3v) is 3.65. The topological polar surface area (TPSA) is 55.1 Å². The van der Waals surface area contributed by atoms with E-state index in [9.17, 15) is 13.6 Å². The van der Waals surface area contributed by atoms with Gasteiger partial charge in [0.2, 0.25) is 0 Å². The van der Waals surface area contributed by atoms with Gasteiger partial charge in [0.15, 0.2) is 0 Å². The summed E-state index contributed by atoms with van der Waals surface area (Å²) in [6.45, 7) is 0.516. The fourth-order valence-electron chi connectivity index (χ4n) is 2.62. The van der Waals surface area contributed by atoms with E-state index in [4.69, 9.17) is 5.73 Å². The van der Waals surface area contributed by atoms with E-state index >= 15 is 0 Å². The van der Waals surface area contributed by atoms with Gasteiger partial charge in [-0.1, -0.05) is 12.8 Å². The van der Waals surface area contributed by atoms with E-state index in [-0.39, 0.29) is 29.9 Å². The highest BCUT2D eigenvalue weighted by Crippen LogP contribution is 2.23. The Labute approximate surface area is 123 Å². The number of hydrogen-bond donors (Lipinski definition) is 2. The third kappa shape index (κ3) is 4.15. The first-order chi connectivity index (χ1) is 9.10. The maximum atomic E-state index is 13.1. The summed E-state index contributed by atoms with van der Waals surface area (Å²) in [5, 5.41) is 2.84. The fraction of sp³-hybridized carbons (Fsp3) is 0.500. The molecule has 1 aromatic rings. The molecule has 112 valence electrons. The van der Waals surface area contributed by atoms with Crippen LogP contribution < -0.4 is 11.1 Å². The zero-order valence-electron chi connectivity index (χ0n) is 11.1. The zero-order valence-corrected chi connectivity index (χ0v) is 11.9. The predicted octanol–water partition coefficient (Wildman–Crippen LogP) is 2.63. The highest BCUT2D eigenvalue weighted by molar-refractivity contribution is 5.94. The van der Waals surface area contributed by atoms with Gasteiger partial charge >= 0.3 is 0 Å². The van der Waals surface area contributed by atoms with Crippen molar-refractivity contribution in [1.29, 1.82) is 0 Å². The van der Waals surface area contributed by atoms with Crippen molar-refractivity contribution in [2.45, 2.75) is 31.7 Å². The lowest BCUT2D eigenvalue weighted by atomic mass is 9.84. The molecule has 3 nitrogen and oxygen atoms in total. The Morgan fingerprint density at radius 3 is 2.40 bits per heavy atom. The highest BCUT2D eigenvalue weighted by atomic mass is 35.5. The SMILES string of the molecule is Cl.NCC1CCCCC1NC(=O)c1cc(F)cc(F)c1. The minimum absolute atomic E-state index is 0. The maximum absolute atomic E-state index is 13.1. The molecule has 0 spiro atoms. The number of hydrogen-bond acceptors (Lipinski definition) is 2. The molecular formula is C14H19ClF2N2O. The number of benzene rings is 1. The van der Waals surface area contributed by atoms with Gasteiger partial charge in [-0.05, 0) is 37.4 Å². The van der Waals surface area contributed by atoms with Gasteiger partial charge in [-0.3, -0.25) is 4.79 Å². The summed E-state index contributed by atoms with van der Waals surface area (Å²) < 4.78 is 26.1. The maximum Gasteiger partial charge on any atom is 0.251 e. The monoisotopic (exact) mass is 304 g/mol. The minimum Gasteiger partial charge on any atom is -0.349 e. The molecule has 0 bridgehead atoms. The summed E-state index contributed by atoms with van der Waals surface area (Å²) in [5.41, 5.74) is 5.70. The lowest BCUT2D eigenvalue weighted by Gasteiger charge is -2.31. The van der Waals surface area contributed by atoms with Crippen LogP contribution in [0.1, 0.15) is 36.0 Å². The molecule has 1 aliphatic carbocycles. The van der Waals surface area contributed by atoms with Crippen molar-refractivity contribution in [2.75, 3.05) is 6.54 Å². The first kappa shape index (κ1) is 16.9. The number of rotatable bonds is 3. The number of nitrogens with one attached hydrogen (secondary N) is 1. The van der Waals surface area contributed by atoms with Crippen LogP contribution in [0.3, 0.4) is 0 Å². The van der Waals surface area contributed by atoms with Crippen molar-refractivity contribution in [3.05, 3.63) is 35.4 Å². The van der Waals surface area contributed by atoms with Gasteiger partial charge < -0.3 is 11.1 Å². The van der Waals surface area contributed by atoms with Crippen LogP contribution in [0.25, 0.3) is 0 Å². The molecule has 0 saturated heterocycles. The Balaban J connectivity index is 0.00000200. The fourth-order valence-corrected chi connectivity index (χ4v) is 2.62. The Kier molecular flexibility index (Phi) is 6.36. The largest absolute Gasteiger partial charge is 0.349 e. The van der Waals surface area contributed by atoms with Crippen LogP contribution in [0.4, 0.5) is 8.78 Å². The van der Waals surface area contributed by atoms with Crippen LogP contribution in [0, 0.1) is 17.6 Å². The summed E-state index contributed by atoms with van der Waals surface area (Å²) in [4.78, 5) is 12.0. The summed E-state index contributed by atoms with van der Waals surface area (Å²) >= 11 is 0. The molecule has 3 N–H and O–H groups in total. The van der Waals surface area contributed by atoms with Crippen LogP contribution >= 0.6 is 12.4 Å². The van der Waals surface area contributed by atoms with Crippen LogP contribution in [0.5, 0.6) is 0 Å². The van der Waals surface area contributed by atoms with E-state index in [1.807, 2.05) is 0 Å². The molecule has 0 radical (unpaired) electrons. The molecule has 0 aromatic heterocycles. The van der Waals surface area contributed by atoms with Crippen molar-refractivity contribution in [2.24, 2.45) is 11.7 Å². The van der Waals surface area contributed by atoms with Crippen molar-refractivity contribution in [3.63, 3.8) is 0 Å². The molecule has 2 atom stereocenters. The van der Waals surface area contributed by atoms with E-state index in [1.165, 1.54) is 0 Å². The molecule has 0 heterocycles. The van der Waals surface area contributed by atoms with E-state index in [1.54, 1.807) is 0 Å². The molecule has 1 aromatic carbocycles. The number of carbonyl (C=O) groups is 1. The third-order valence-electron chi connectivity index (χ3n) is 3.65. The van der Waals surface area contributed by atoms with Gasteiger partial charge in [-0.2, -0.15) is 0 Å². The quantitative estimate of drug-likeness (QED) is 0.902. The lowest BCUT2D eigenvalue weighted by molar-refractivity contribution is 0.0907. The molecule has 2 rings (SSSR count). The molecule has 1 aliphatic rings. The van der Waals surface area contributed by atoms with E-state index < -0.39 is 17.5 Å². The van der Waals surface area contributed by atoms with Crippen LogP contribution in [0.2, 0.25) is 0 Å². The summed E-state index contributed by atoms with van der Waals surface area (Å²) in [7, 11) is 0. The smallest absolute Gasteiger partial charge is 0.251 e. The number of carbonyl (C=O) groups excluding carboxylic acids is 1. The van der Waals surface area contributed by atoms with Crippen molar-refractivity contribution in [3.8, 4) is 0 Å². The van der Waals surface area contributed by atoms with Crippen molar-refractivity contribution >= 4 is 18.3 Å². The summed E-state index contributed by atoms with van der Waals surface area (Å²) in [6, 6.07) is 2.83. The Bertz CT molecular complexity index is 450. The minimum atomic E-state index is -0.746. The Hall–Kier alpha value is -1.20. The first-order valence-electron chi connectivity index (χ1n) is 6.57. The van der Waals surface area contributed by atoms with E-state index in [0.29, 0.717) is 6.54 Å². The van der Waals surface area contributed by atoms with Crippen molar-refractivity contribution in [1.82, 2.24) is 5.32 Å². The first-order valence-corrected chi connectivity index (χ1v) is 6.57. The van der Waals surface area contributed by atoms with Gasteiger partial charge in [0.25, 0.3) is 5.91 Å². The van der Waals surface area contributed by atoms with Crippen LogP contribution in [-0.2, 0) is 0 Å². The van der Waals surface area contributed by atoms with Gasteiger partial charge in [0.1, 0.15) is 11.6 Å². The summed E-state index contributed by atoms with van der Waals surface area (Å²) in [5.74, 6) is -1.69. The molecule has 6 heteroatoms. The van der Waals surface area contributed by atoms with Crippen LogP contribution in [-0.4, -0.2) is 18.5 Å². The highest BCUT2D eigenvalue weighted by Gasteiger charge is 2.25.